The van der Waals surface area contributed by atoms with Crippen LogP contribution in [0.15, 0.2) is 30.5 Å². The minimum atomic E-state index is -0.905. The minimum Gasteiger partial charge on any atom is -0.465 e. The molecule has 24 heavy (non-hydrogen) atoms. The summed E-state index contributed by atoms with van der Waals surface area (Å²) in [5, 5.41) is 12.3. The summed E-state index contributed by atoms with van der Waals surface area (Å²) >= 11 is 0. The molecule has 2 heterocycles. The Bertz CT molecular complexity index is 769. The first-order valence-electron chi connectivity index (χ1n) is 7.75. The van der Waals surface area contributed by atoms with E-state index in [9.17, 15) is 9.59 Å². The maximum Gasteiger partial charge on any atom is 0.407 e. The first-order valence-corrected chi connectivity index (χ1v) is 7.75. The van der Waals surface area contributed by atoms with Crippen molar-refractivity contribution < 1.29 is 19.4 Å². The normalized spacial score (nSPS) is 12.8. The molecular weight excluding hydrogens is 310 g/mol. The number of H-pyrrole nitrogens is 1. The van der Waals surface area contributed by atoms with Gasteiger partial charge >= 0.3 is 12.1 Å². The number of hydrogen-bond acceptors (Lipinski definition) is 4. The largest absolute Gasteiger partial charge is 0.465 e. The Hall–Kier alpha value is -2.96. The number of carboxylic acid groups (broad SMARTS) is 1. The second kappa shape index (κ2) is 6.66. The number of amides is 1. The van der Waals surface area contributed by atoms with Crippen LogP contribution in [0.25, 0.3) is 0 Å². The van der Waals surface area contributed by atoms with Crippen LogP contribution in [0.4, 0.5) is 10.5 Å². The van der Waals surface area contributed by atoms with Crippen LogP contribution in [0.1, 0.15) is 34.1 Å². The molecule has 0 radical (unpaired) electrons. The molecule has 0 saturated heterocycles. The van der Waals surface area contributed by atoms with Crippen molar-refractivity contribution in [2.24, 2.45) is 0 Å². The number of nitrogens with zero attached hydrogens (tertiary/aromatic N) is 1. The molecule has 0 spiro atoms. The maximum absolute atomic E-state index is 11.8. The Morgan fingerprint density at radius 3 is 2.83 bits per heavy atom. The van der Waals surface area contributed by atoms with Crippen LogP contribution in [-0.2, 0) is 24.4 Å². The van der Waals surface area contributed by atoms with Crippen molar-refractivity contribution in [1.29, 1.82) is 0 Å². The molecule has 1 aromatic carbocycles. The molecule has 0 fully saturated rings. The number of rotatable bonds is 5. The lowest BCUT2D eigenvalue weighted by Gasteiger charge is -2.09. The van der Waals surface area contributed by atoms with E-state index in [0.29, 0.717) is 37.6 Å². The number of nitrogens with one attached hydrogen (secondary N) is 2. The van der Waals surface area contributed by atoms with Gasteiger partial charge in [0.15, 0.2) is 0 Å². The van der Waals surface area contributed by atoms with Gasteiger partial charge in [0.05, 0.1) is 12.3 Å². The Balaban J connectivity index is 1.67. The first kappa shape index (κ1) is 15.9. The third-order valence-electron chi connectivity index (χ3n) is 3.97. The lowest BCUT2D eigenvalue weighted by Crippen LogP contribution is -2.22. The van der Waals surface area contributed by atoms with Crippen LogP contribution in [0.2, 0.25) is 0 Å². The van der Waals surface area contributed by atoms with Gasteiger partial charge in [-0.05, 0) is 29.7 Å². The molecule has 1 aliphatic heterocycles. The highest BCUT2D eigenvalue weighted by molar-refractivity contribution is 5.93. The molecule has 7 heteroatoms. The van der Waals surface area contributed by atoms with Gasteiger partial charge in [0.2, 0.25) is 0 Å². The smallest absolute Gasteiger partial charge is 0.407 e. The second-order valence-electron chi connectivity index (χ2n) is 5.58. The molecular formula is C17H19N3O4. The van der Waals surface area contributed by atoms with E-state index in [1.807, 2.05) is 18.2 Å². The van der Waals surface area contributed by atoms with Crippen LogP contribution < -0.4 is 5.32 Å². The zero-order valence-corrected chi connectivity index (χ0v) is 13.3. The maximum atomic E-state index is 11.8. The summed E-state index contributed by atoms with van der Waals surface area (Å²) in [5.74, 6) is -0.393. The molecule has 0 aliphatic carbocycles. The number of hydrogen-bond donors (Lipinski definition) is 3. The molecule has 3 N–H and O–H groups in total. The fourth-order valence-corrected chi connectivity index (χ4v) is 2.78. The van der Waals surface area contributed by atoms with Gasteiger partial charge in [-0.15, -0.1) is 0 Å². The van der Waals surface area contributed by atoms with Gasteiger partial charge < -0.3 is 20.1 Å². The number of benzene rings is 1. The van der Waals surface area contributed by atoms with E-state index in [2.05, 4.69) is 10.3 Å². The van der Waals surface area contributed by atoms with Crippen molar-refractivity contribution >= 4 is 17.7 Å². The monoisotopic (exact) mass is 329 g/mol. The lowest BCUT2D eigenvalue weighted by atomic mass is 10.1. The molecule has 3 rings (SSSR count). The summed E-state index contributed by atoms with van der Waals surface area (Å²) in [6.45, 7) is 3.46. The highest BCUT2D eigenvalue weighted by Crippen LogP contribution is 2.24. The van der Waals surface area contributed by atoms with Gasteiger partial charge in [0.25, 0.3) is 0 Å². The fraction of sp³-hybridized carbons (Fsp3) is 0.294. The number of carbonyl (C=O) groups excluding carboxylic acids is 1. The van der Waals surface area contributed by atoms with Crippen LogP contribution in [0, 0.1) is 0 Å². The molecule has 0 bridgehead atoms. The summed E-state index contributed by atoms with van der Waals surface area (Å²) in [4.78, 5) is 27.2. The highest BCUT2D eigenvalue weighted by Gasteiger charge is 2.22. The molecule has 0 unspecified atom stereocenters. The van der Waals surface area contributed by atoms with E-state index < -0.39 is 12.1 Å². The molecule has 1 aromatic heterocycles. The summed E-state index contributed by atoms with van der Waals surface area (Å²) in [7, 11) is 0. The summed E-state index contributed by atoms with van der Waals surface area (Å²) in [6.07, 6.45) is 0.777. The average Bonchev–Trinajstić information content (AvgIpc) is 3.19. The zero-order chi connectivity index (χ0) is 17.1. The third kappa shape index (κ3) is 3.19. The number of ether oxygens (including phenoxy) is 1. The molecule has 126 valence electrons. The van der Waals surface area contributed by atoms with Crippen LogP contribution in [-0.4, -0.2) is 33.7 Å². The topological polar surface area (TPSA) is 94.7 Å². The van der Waals surface area contributed by atoms with Crippen molar-refractivity contribution in [3.63, 3.8) is 0 Å². The van der Waals surface area contributed by atoms with E-state index >= 15 is 0 Å². The molecule has 1 amide bonds. The first-order chi connectivity index (χ1) is 11.6. The Kier molecular flexibility index (Phi) is 4.41. The number of aromatic nitrogens is 1. The number of carbonyl (C=O) groups is 2. The number of anilines is 1. The highest BCUT2D eigenvalue weighted by atomic mass is 16.5. The van der Waals surface area contributed by atoms with Crippen molar-refractivity contribution in [2.75, 3.05) is 11.9 Å². The average molecular weight is 329 g/mol. The van der Waals surface area contributed by atoms with Crippen LogP contribution >= 0.6 is 0 Å². The fourth-order valence-electron chi connectivity index (χ4n) is 2.78. The van der Waals surface area contributed by atoms with Crippen LogP contribution in [0.3, 0.4) is 0 Å². The van der Waals surface area contributed by atoms with Crippen molar-refractivity contribution in [1.82, 2.24) is 9.88 Å². The Morgan fingerprint density at radius 2 is 2.08 bits per heavy atom. The van der Waals surface area contributed by atoms with Gasteiger partial charge in [-0.1, -0.05) is 18.2 Å². The summed E-state index contributed by atoms with van der Waals surface area (Å²) in [6, 6.07) is 7.71. The number of fused-ring (bicyclic) bond motifs is 1. The summed E-state index contributed by atoms with van der Waals surface area (Å²) in [5.41, 5.74) is 4.17. The lowest BCUT2D eigenvalue weighted by molar-refractivity contribution is 0.0521. The van der Waals surface area contributed by atoms with Gasteiger partial charge in [0, 0.05) is 25.8 Å². The van der Waals surface area contributed by atoms with Crippen molar-refractivity contribution in [2.45, 2.75) is 26.6 Å². The summed E-state index contributed by atoms with van der Waals surface area (Å²) < 4.78 is 5.00. The van der Waals surface area contributed by atoms with Crippen molar-refractivity contribution in [3.05, 3.63) is 52.8 Å². The Labute approximate surface area is 139 Å². The number of aromatic amines is 1. The van der Waals surface area contributed by atoms with Gasteiger partial charge in [-0.25, -0.2) is 9.59 Å². The second-order valence-corrected chi connectivity index (χ2v) is 5.58. The molecule has 7 nitrogen and oxygen atoms in total. The SMILES string of the molecule is CCOC(=O)c1[nH]ccc1NCc1ccc2c(c1)CN(C(=O)O)C2. The van der Waals surface area contributed by atoms with Gasteiger partial charge in [-0.2, -0.15) is 0 Å². The standard InChI is InChI=1S/C17H19N3O4/c1-2-24-16(21)15-14(5-6-18-15)19-8-11-3-4-12-9-20(17(22)23)10-13(12)7-11/h3-7,18-19H,2,8-10H2,1H3,(H,22,23). The molecule has 2 aromatic rings. The van der Waals surface area contributed by atoms with Gasteiger partial charge in [-0.3, -0.25) is 4.90 Å². The van der Waals surface area contributed by atoms with E-state index in [4.69, 9.17) is 9.84 Å². The van der Waals surface area contributed by atoms with E-state index in [1.165, 1.54) is 4.90 Å². The van der Waals surface area contributed by atoms with E-state index in [-0.39, 0.29) is 0 Å². The van der Waals surface area contributed by atoms with E-state index in [0.717, 1.165) is 16.7 Å². The molecule has 1 aliphatic rings. The third-order valence-corrected chi connectivity index (χ3v) is 3.97. The van der Waals surface area contributed by atoms with E-state index in [1.54, 1.807) is 19.2 Å². The molecule has 0 atom stereocenters. The van der Waals surface area contributed by atoms with Crippen molar-refractivity contribution in [3.8, 4) is 0 Å². The molecule has 0 saturated carbocycles. The van der Waals surface area contributed by atoms with Crippen LogP contribution in [0.5, 0.6) is 0 Å². The zero-order valence-electron chi connectivity index (χ0n) is 13.3. The number of esters is 1. The Morgan fingerprint density at radius 1 is 1.29 bits per heavy atom. The van der Waals surface area contributed by atoms with Gasteiger partial charge in [0.1, 0.15) is 5.69 Å². The minimum absolute atomic E-state index is 0.322. The predicted octanol–water partition coefficient (Wildman–Crippen LogP) is 2.80. The quantitative estimate of drug-likeness (QED) is 0.733. The predicted molar refractivity (Wildman–Crippen MR) is 87.8 cm³/mol.